The van der Waals surface area contributed by atoms with E-state index >= 15 is 0 Å². The van der Waals surface area contributed by atoms with Crippen LogP contribution in [0.5, 0.6) is 5.75 Å². The average Bonchev–Trinajstić information content (AvgIpc) is 2.92. The van der Waals surface area contributed by atoms with Gasteiger partial charge in [0.15, 0.2) is 0 Å². The third-order valence-electron chi connectivity index (χ3n) is 2.84. The highest BCUT2D eigenvalue weighted by Gasteiger charge is 2.07. The number of benzene rings is 1. The van der Waals surface area contributed by atoms with Crippen molar-refractivity contribution in [2.45, 2.75) is 13.3 Å². The molecule has 0 saturated carbocycles. The number of anilines is 1. The van der Waals surface area contributed by atoms with Gasteiger partial charge in [-0.3, -0.25) is 0 Å². The summed E-state index contributed by atoms with van der Waals surface area (Å²) < 4.78 is 5.22. The van der Waals surface area contributed by atoms with Crippen molar-refractivity contribution in [3.05, 3.63) is 46.2 Å². The Labute approximate surface area is 122 Å². The molecule has 1 aromatic carbocycles. The van der Waals surface area contributed by atoms with Crippen LogP contribution in [0.3, 0.4) is 0 Å². The molecule has 2 N–H and O–H groups in total. The van der Waals surface area contributed by atoms with Crippen molar-refractivity contribution in [2.24, 2.45) is 0 Å². The topological polar surface area (TPSA) is 50.4 Å². The number of methoxy groups -OCH3 is 1. The SMILES string of the molecule is COc1ccc(C)cc1NC(=O)NCCc1cccs1. The molecule has 4 nitrogen and oxygen atoms in total. The van der Waals surface area contributed by atoms with Crippen LogP contribution in [-0.2, 0) is 6.42 Å². The normalized spacial score (nSPS) is 10.1. The van der Waals surface area contributed by atoms with Gasteiger partial charge >= 0.3 is 6.03 Å². The first-order chi connectivity index (χ1) is 9.69. The summed E-state index contributed by atoms with van der Waals surface area (Å²) in [6.07, 6.45) is 0.843. The highest BCUT2D eigenvalue weighted by Crippen LogP contribution is 2.24. The molecule has 20 heavy (non-hydrogen) atoms. The van der Waals surface area contributed by atoms with Crippen LogP contribution in [0.15, 0.2) is 35.7 Å². The number of nitrogens with one attached hydrogen (secondary N) is 2. The zero-order chi connectivity index (χ0) is 14.4. The van der Waals surface area contributed by atoms with Crippen molar-refractivity contribution >= 4 is 23.1 Å². The summed E-state index contributed by atoms with van der Waals surface area (Å²) in [7, 11) is 1.59. The fourth-order valence-corrected chi connectivity index (χ4v) is 2.55. The van der Waals surface area contributed by atoms with Crippen molar-refractivity contribution in [1.82, 2.24) is 5.32 Å². The lowest BCUT2D eigenvalue weighted by molar-refractivity contribution is 0.252. The molecule has 1 aromatic heterocycles. The van der Waals surface area contributed by atoms with Crippen LogP contribution in [-0.4, -0.2) is 19.7 Å². The molecule has 1 heterocycles. The van der Waals surface area contributed by atoms with Gasteiger partial charge in [-0.1, -0.05) is 12.1 Å². The summed E-state index contributed by atoms with van der Waals surface area (Å²) in [5.41, 5.74) is 1.75. The van der Waals surface area contributed by atoms with Gasteiger partial charge in [0.2, 0.25) is 0 Å². The van der Waals surface area contributed by atoms with E-state index in [2.05, 4.69) is 16.7 Å². The minimum absolute atomic E-state index is 0.217. The minimum atomic E-state index is -0.217. The van der Waals surface area contributed by atoms with E-state index in [4.69, 9.17) is 4.74 Å². The van der Waals surface area contributed by atoms with Crippen molar-refractivity contribution in [3.63, 3.8) is 0 Å². The molecule has 0 fully saturated rings. The third-order valence-corrected chi connectivity index (χ3v) is 3.78. The second-order valence-corrected chi connectivity index (χ2v) is 5.45. The van der Waals surface area contributed by atoms with Crippen LogP contribution in [0.4, 0.5) is 10.5 Å². The first-order valence-electron chi connectivity index (χ1n) is 6.41. The molecular weight excluding hydrogens is 272 g/mol. The standard InChI is InChI=1S/C15H18N2O2S/c1-11-5-6-14(19-2)13(10-11)17-15(18)16-8-7-12-4-3-9-20-12/h3-6,9-10H,7-8H2,1-2H3,(H2,16,17,18). The Morgan fingerprint density at radius 1 is 1.35 bits per heavy atom. The molecule has 0 unspecified atom stereocenters. The summed E-state index contributed by atoms with van der Waals surface area (Å²) in [5, 5.41) is 7.69. The van der Waals surface area contributed by atoms with Crippen molar-refractivity contribution < 1.29 is 9.53 Å². The number of hydrogen-bond donors (Lipinski definition) is 2. The lowest BCUT2D eigenvalue weighted by Gasteiger charge is -2.11. The van der Waals surface area contributed by atoms with Crippen LogP contribution in [0, 0.1) is 6.92 Å². The molecular formula is C15H18N2O2S. The van der Waals surface area contributed by atoms with E-state index in [1.165, 1.54) is 4.88 Å². The zero-order valence-electron chi connectivity index (χ0n) is 11.6. The molecule has 0 aliphatic heterocycles. The van der Waals surface area contributed by atoms with Gasteiger partial charge in [0.05, 0.1) is 12.8 Å². The maximum Gasteiger partial charge on any atom is 0.319 e. The van der Waals surface area contributed by atoms with E-state index in [1.807, 2.05) is 36.6 Å². The number of amides is 2. The van der Waals surface area contributed by atoms with Gasteiger partial charge in [-0.15, -0.1) is 11.3 Å². The van der Waals surface area contributed by atoms with Gasteiger partial charge in [-0.05, 0) is 42.5 Å². The first-order valence-corrected chi connectivity index (χ1v) is 7.29. The highest BCUT2D eigenvalue weighted by atomic mass is 32.1. The fourth-order valence-electron chi connectivity index (χ4n) is 1.84. The number of rotatable bonds is 5. The van der Waals surface area contributed by atoms with Gasteiger partial charge in [0.1, 0.15) is 5.75 Å². The third kappa shape index (κ3) is 3.99. The van der Waals surface area contributed by atoms with E-state index < -0.39 is 0 Å². The average molecular weight is 290 g/mol. The maximum absolute atomic E-state index is 11.8. The molecule has 0 spiro atoms. The van der Waals surface area contributed by atoms with Gasteiger partial charge < -0.3 is 15.4 Å². The molecule has 0 aliphatic carbocycles. The van der Waals surface area contributed by atoms with E-state index in [0.717, 1.165) is 12.0 Å². The van der Waals surface area contributed by atoms with Crippen molar-refractivity contribution in [1.29, 1.82) is 0 Å². The Bertz CT molecular complexity index is 567. The van der Waals surface area contributed by atoms with Crippen molar-refractivity contribution in [3.8, 4) is 5.75 Å². The Kier molecular flexibility index (Phi) is 5.01. The minimum Gasteiger partial charge on any atom is -0.495 e. The molecule has 0 atom stereocenters. The number of hydrogen-bond acceptors (Lipinski definition) is 3. The number of carbonyl (C=O) groups is 1. The number of thiophene rings is 1. The molecule has 0 bridgehead atoms. The zero-order valence-corrected chi connectivity index (χ0v) is 12.4. The maximum atomic E-state index is 11.8. The predicted molar refractivity (Wildman–Crippen MR) is 82.8 cm³/mol. The second-order valence-electron chi connectivity index (χ2n) is 4.41. The fraction of sp³-hybridized carbons (Fsp3) is 0.267. The van der Waals surface area contributed by atoms with Crippen LogP contribution < -0.4 is 15.4 Å². The van der Waals surface area contributed by atoms with Crippen LogP contribution in [0.2, 0.25) is 0 Å². The second kappa shape index (κ2) is 6.96. The molecule has 0 aliphatic rings. The first kappa shape index (κ1) is 14.4. The number of carbonyl (C=O) groups excluding carboxylic acids is 1. The van der Waals surface area contributed by atoms with Crippen LogP contribution >= 0.6 is 11.3 Å². The van der Waals surface area contributed by atoms with Gasteiger partial charge in [-0.2, -0.15) is 0 Å². The van der Waals surface area contributed by atoms with Gasteiger partial charge in [-0.25, -0.2) is 4.79 Å². The van der Waals surface area contributed by atoms with E-state index in [9.17, 15) is 4.79 Å². The Morgan fingerprint density at radius 2 is 2.20 bits per heavy atom. The summed E-state index contributed by atoms with van der Waals surface area (Å²) in [6.45, 7) is 2.58. The molecule has 2 aromatic rings. The van der Waals surface area contributed by atoms with Gasteiger partial charge in [0, 0.05) is 11.4 Å². The summed E-state index contributed by atoms with van der Waals surface area (Å²) >= 11 is 1.69. The Hall–Kier alpha value is -2.01. The lowest BCUT2D eigenvalue weighted by atomic mass is 10.2. The van der Waals surface area contributed by atoms with E-state index in [0.29, 0.717) is 18.0 Å². The summed E-state index contributed by atoms with van der Waals surface area (Å²) in [5.74, 6) is 0.656. The lowest BCUT2D eigenvalue weighted by Crippen LogP contribution is -2.30. The van der Waals surface area contributed by atoms with Crippen LogP contribution in [0.25, 0.3) is 0 Å². The van der Waals surface area contributed by atoms with E-state index in [1.54, 1.807) is 18.4 Å². The summed E-state index contributed by atoms with van der Waals surface area (Å²) in [6, 6.07) is 9.53. The van der Waals surface area contributed by atoms with Gasteiger partial charge in [0.25, 0.3) is 0 Å². The number of ether oxygens (including phenoxy) is 1. The van der Waals surface area contributed by atoms with E-state index in [-0.39, 0.29) is 6.03 Å². The monoisotopic (exact) mass is 290 g/mol. The van der Waals surface area contributed by atoms with Crippen molar-refractivity contribution in [2.75, 3.05) is 19.0 Å². The molecule has 0 saturated heterocycles. The quantitative estimate of drug-likeness (QED) is 0.886. The molecule has 0 radical (unpaired) electrons. The molecule has 2 amide bonds. The van der Waals surface area contributed by atoms with Crippen LogP contribution in [0.1, 0.15) is 10.4 Å². The number of urea groups is 1. The highest BCUT2D eigenvalue weighted by molar-refractivity contribution is 7.09. The predicted octanol–water partition coefficient (Wildman–Crippen LogP) is 3.43. The largest absolute Gasteiger partial charge is 0.495 e. The summed E-state index contributed by atoms with van der Waals surface area (Å²) in [4.78, 5) is 13.1. The Morgan fingerprint density at radius 3 is 2.90 bits per heavy atom. The smallest absolute Gasteiger partial charge is 0.319 e. The molecule has 5 heteroatoms. The molecule has 106 valence electrons. The molecule has 2 rings (SSSR count). The Balaban J connectivity index is 1.86. The number of aryl methyl sites for hydroxylation is 1.